The Kier molecular flexibility index (Phi) is 3.47. The van der Waals surface area contributed by atoms with E-state index in [0.29, 0.717) is 0 Å². The van der Waals surface area contributed by atoms with Crippen molar-refractivity contribution in [2.75, 3.05) is 0 Å². The molecule has 1 aliphatic rings. The highest BCUT2D eigenvalue weighted by molar-refractivity contribution is 6.30. The minimum atomic E-state index is -0.440. The lowest BCUT2D eigenvalue weighted by atomic mass is 9.80. The summed E-state index contributed by atoms with van der Waals surface area (Å²) in [7, 11) is 0. The van der Waals surface area contributed by atoms with Gasteiger partial charge >= 0.3 is 0 Å². The van der Waals surface area contributed by atoms with Crippen LogP contribution in [0.4, 0.5) is 0 Å². The predicted octanol–water partition coefficient (Wildman–Crippen LogP) is 4.54. The van der Waals surface area contributed by atoms with E-state index >= 15 is 0 Å². The quantitative estimate of drug-likeness (QED) is 0.859. The van der Waals surface area contributed by atoms with Crippen LogP contribution in [-0.2, 0) is 5.54 Å². The lowest BCUT2D eigenvalue weighted by Crippen LogP contribution is -2.35. The van der Waals surface area contributed by atoms with Crippen LogP contribution in [0.15, 0.2) is 72.8 Å². The zero-order valence-corrected chi connectivity index (χ0v) is 11.8. The second-order valence-corrected chi connectivity index (χ2v) is 5.58. The standard InChI is InChI=1S/C18H16ClN/c19-17-10-8-14(9-11-17)15-5-4-12-18(20,13-15)16-6-2-1-3-7-16/h1-12H,13,20H2. The summed E-state index contributed by atoms with van der Waals surface area (Å²) in [5.74, 6) is 0. The van der Waals surface area contributed by atoms with E-state index in [1.807, 2.05) is 48.5 Å². The molecule has 1 atom stereocenters. The fourth-order valence-electron chi connectivity index (χ4n) is 2.58. The molecule has 2 aromatic carbocycles. The number of hydrogen-bond donors (Lipinski definition) is 1. The number of rotatable bonds is 2. The van der Waals surface area contributed by atoms with Gasteiger partial charge in [-0.15, -0.1) is 0 Å². The molecule has 1 unspecified atom stereocenters. The summed E-state index contributed by atoms with van der Waals surface area (Å²) in [4.78, 5) is 0. The third-order valence-corrected chi connectivity index (χ3v) is 3.95. The second kappa shape index (κ2) is 5.28. The Morgan fingerprint density at radius 1 is 0.950 bits per heavy atom. The van der Waals surface area contributed by atoms with Gasteiger partial charge in [0.1, 0.15) is 0 Å². The molecule has 0 fully saturated rings. The minimum Gasteiger partial charge on any atom is -0.318 e. The first-order chi connectivity index (χ1) is 9.67. The molecule has 0 aliphatic heterocycles. The van der Waals surface area contributed by atoms with E-state index in [1.165, 1.54) is 11.1 Å². The SMILES string of the molecule is NC1(c2ccccc2)C=CC=C(c2ccc(Cl)cc2)C1. The predicted molar refractivity (Wildman–Crippen MR) is 85.5 cm³/mol. The van der Waals surface area contributed by atoms with Crippen LogP contribution in [0.3, 0.4) is 0 Å². The summed E-state index contributed by atoms with van der Waals surface area (Å²) in [6, 6.07) is 18.1. The molecule has 2 heteroatoms. The summed E-state index contributed by atoms with van der Waals surface area (Å²) in [5.41, 5.74) is 9.68. The first-order valence-electron chi connectivity index (χ1n) is 6.66. The van der Waals surface area contributed by atoms with E-state index in [1.54, 1.807) is 0 Å². The van der Waals surface area contributed by atoms with E-state index in [4.69, 9.17) is 17.3 Å². The molecule has 20 heavy (non-hydrogen) atoms. The highest BCUT2D eigenvalue weighted by atomic mass is 35.5. The van der Waals surface area contributed by atoms with E-state index in [-0.39, 0.29) is 0 Å². The maximum atomic E-state index is 6.58. The maximum absolute atomic E-state index is 6.58. The van der Waals surface area contributed by atoms with Crippen molar-refractivity contribution in [3.8, 4) is 0 Å². The van der Waals surface area contributed by atoms with Gasteiger partial charge in [0.2, 0.25) is 0 Å². The number of nitrogens with two attached hydrogens (primary N) is 1. The van der Waals surface area contributed by atoms with Gasteiger partial charge in [0, 0.05) is 5.02 Å². The molecule has 1 nitrogen and oxygen atoms in total. The second-order valence-electron chi connectivity index (χ2n) is 5.14. The maximum Gasteiger partial charge on any atom is 0.0639 e. The van der Waals surface area contributed by atoms with Crippen LogP contribution in [-0.4, -0.2) is 0 Å². The molecule has 0 saturated heterocycles. The third-order valence-electron chi connectivity index (χ3n) is 3.70. The van der Waals surface area contributed by atoms with E-state index < -0.39 is 5.54 Å². The van der Waals surface area contributed by atoms with Crippen LogP contribution < -0.4 is 5.73 Å². The Morgan fingerprint density at radius 2 is 1.65 bits per heavy atom. The molecule has 0 aromatic heterocycles. The van der Waals surface area contributed by atoms with Gasteiger partial charge in [0.25, 0.3) is 0 Å². The molecule has 1 aliphatic carbocycles. The molecular formula is C18H16ClN. The zero-order valence-electron chi connectivity index (χ0n) is 11.1. The summed E-state index contributed by atoms with van der Waals surface area (Å²) in [6.45, 7) is 0. The molecule has 0 amide bonds. The average molecular weight is 282 g/mol. The summed E-state index contributed by atoms with van der Waals surface area (Å²) in [6.07, 6.45) is 7.02. The van der Waals surface area contributed by atoms with Crippen LogP contribution >= 0.6 is 11.6 Å². The normalized spacial score (nSPS) is 21.6. The van der Waals surface area contributed by atoms with Crippen LogP contribution in [0, 0.1) is 0 Å². The van der Waals surface area contributed by atoms with Crippen molar-refractivity contribution < 1.29 is 0 Å². The van der Waals surface area contributed by atoms with Crippen LogP contribution in [0.2, 0.25) is 5.02 Å². The van der Waals surface area contributed by atoms with Gasteiger partial charge in [0.15, 0.2) is 0 Å². The van der Waals surface area contributed by atoms with Crippen molar-refractivity contribution in [2.24, 2.45) is 5.73 Å². The van der Waals surface area contributed by atoms with Crippen molar-refractivity contribution in [3.63, 3.8) is 0 Å². The Labute approximate surface area is 124 Å². The Morgan fingerprint density at radius 3 is 2.35 bits per heavy atom. The van der Waals surface area contributed by atoms with E-state index in [2.05, 4.69) is 24.3 Å². The number of allylic oxidation sites excluding steroid dienone is 2. The molecule has 0 radical (unpaired) electrons. The fraction of sp³-hybridized carbons (Fsp3) is 0.111. The third kappa shape index (κ3) is 2.55. The highest BCUT2D eigenvalue weighted by Gasteiger charge is 2.27. The van der Waals surface area contributed by atoms with Gasteiger partial charge in [-0.2, -0.15) is 0 Å². The van der Waals surface area contributed by atoms with Gasteiger partial charge in [-0.25, -0.2) is 0 Å². The molecule has 2 N–H and O–H groups in total. The Hall–Kier alpha value is -1.83. The lowest BCUT2D eigenvalue weighted by Gasteiger charge is -2.30. The van der Waals surface area contributed by atoms with Crippen LogP contribution in [0.5, 0.6) is 0 Å². The van der Waals surface area contributed by atoms with E-state index in [0.717, 1.165) is 17.0 Å². The first kappa shape index (κ1) is 13.2. The fourth-order valence-corrected chi connectivity index (χ4v) is 2.70. The Balaban J connectivity index is 1.92. The molecule has 0 saturated carbocycles. The van der Waals surface area contributed by atoms with Gasteiger partial charge in [0.05, 0.1) is 5.54 Å². The summed E-state index contributed by atoms with van der Waals surface area (Å²) >= 11 is 5.94. The molecular weight excluding hydrogens is 266 g/mol. The van der Waals surface area contributed by atoms with Crippen molar-refractivity contribution in [1.29, 1.82) is 0 Å². The lowest BCUT2D eigenvalue weighted by molar-refractivity contribution is 0.574. The molecule has 2 aromatic rings. The highest BCUT2D eigenvalue weighted by Crippen LogP contribution is 2.35. The van der Waals surface area contributed by atoms with Gasteiger partial charge in [-0.3, -0.25) is 0 Å². The first-order valence-corrected chi connectivity index (χ1v) is 7.04. The summed E-state index contributed by atoms with van der Waals surface area (Å²) < 4.78 is 0. The van der Waals surface area contributed by atoms with Gasteiger partial charge in [-0.1, -0.05) is 72.3 Å². The molecule has 3 rings (SSSR count). The van der Waals surface area contributed by atoms with Crippen molar-refractivity contribution in [2.45, 2.75) is 12.0 Å². The number of halogens is 1. The van der Waals surface area contributed by atoms with Crippen molar-refractivity contribution in [1.82, 2.24) is 0 Å². The summed E-state index contributed by atoms with van der Waals surface area (Å²) in [5, 5.41) is 0.753. The topological polar surface area (TPSA) is 26.0 Å². The van der Waals surface area contributed by atoms with Crippen molar-refractivity contribution >= 4 is 17.2 Å². The van der Waals surface area contributed by atoms with Crippen LogP contribution in [0.25, 0.3) is 5.57 Å². The van der Waals surface area contributed by atoms with Crippen LogP contribution in [0.1, 0.15) is 17.5 Å². The molecule has 100 valence electrons. The molecule has 0 bridgehead atoms. The molecule has 0 spiro atoms. The number of benzene rings is 2. The Bertz CT molecular complexity index is 656. The van der Waals surface area contributed by atoms with E-state index in [9.17, 15) is 0 Å². The number of hydrogen-bond acceptors (Lipinski definition) is 1. The monoisotopic (exact) mass is 281 g/mol. The van der Waals surface area contributed by atoms with Gasteiger partial charge < -0.3 is 5.73 Å². The smallest absolute Gasteiger partial charge is 0.0639 e. The largest absolute Gasteiger partial charge is 0.318 e. The van der Waals surface area contributed by atoms with Gasteiger partial charge in [-0.05, 0) is 35.3 Å². The molecule has 0 heterocycles. The zero-order chi connectivity index (χ0) is 14.0. The minimum absolute atomic E-state index is 0.440. The van der Waals surface area contributed by atoms with Crippen molar-refractivity contribution in [3.05, 3.63) is 89.0 Å². The average Bonchev–Trinajstić information content (AvgIpc) is 2.49.